The first kappa shape index (κ1) is 21.0. The molecule has 0 aliphatic carbocycles. The van der Waals surface area contributed by atoms with E-state index in [4.69, 9.17) is 4.74 Å². The molecule has 0 bridgehead atoms. The topological polar surface area (TPSA) is 96.7 Å². The summed E-state index contributed by atoms with van der Waals surface area (Å²) in [4.78, 5) is 28.0. The maximum absolute atomic E-state index is 14.3. The molecule has 3 aromatic rings. The Bertz CT molecular complexity index is 1100. The van der Waals surface area contributed by atoms with Gasteiger partial charge in [0.25, 0.3) is 5.91 Å². The monoisotopic (exact) mass is 427 g/mol. The smallest absolute Gasteiger partial charge is 0.262 e. The van der Waals surface area contributed by atoms with Crippen LogP contribution in [-0.4, -0.2) is 57.5 Å². The van der Waals surface area contributed by atoms with Gasteiger partial charge in [-0.15, -0.1) is 0 Å². The summed E-state index contributed by atoms with van der Waals surface area (Å²) in [6.07, 6.45) is 5.76. The second-order valence-corrected chi connectivity index (χ2v) is 7.46. The minimum atomic E-state index is -0.521. The minimum Gasteiger partial charge on any atom is -0.477 e. The number of carbonyl (C=O) groups is 1. The summed E-state index contributed by atoms with van der Waals surface area (Å²) in [6.45, 7) is 8.58. The number of amides is 1. The molecular formula is C21H26FN7O2. The molecule has 1 fully saturated rings. The summed E-state index contributed by atoms with van der Waals surface area (Å²) in [5, 5.41) is 6.13. The van der Waals surface area contributed by atoms with Gasteiger partial charge in [0.15, 0.2) is 11.5 Å². The van der Waals surface area contributed by atoms with Crippen LogP contribution >= 0.6 is 0 Å². The second-order valence-electron chi connectivity index (χ2n) is 7.46. The van der Waals surface area contributed by atoms with Crippen LogP contribution in [0, 0.1) is 12.7 Å². The number of nitrogens with zero attached hydrogens (tertiary/aromatic N) is 5. The van der Waals surface area contributed by atoms with Crippen LogP contribution in [0.5, 0.6) is 5.88 Å². The average molecular weight is 427 g/mol. The van der Waals surface area contributed by atoms with Gasteiger partial charge < -0.3 is 24.7 Å². The molecule has 9 nitrogen and oxygen atoms in total. The summed E-state index contributed by atoms with van der Waals surface area (Å²) in [6, 6.07) is 1.63. The number of aromatic nitrogens is 4. The molecule has 1 aliphatic heterocycles. The lowest BCUT2D eigenvalue weighted by atomic mass is 10.3. The Morgan fingerprint density at radius 3 is 2.94 bits per heavy atom. The number of anilines is 2. The maximum Gasteiger partial charge on any atom is 0.262 e. The van der Waals surface area contributed by atoms with E-state index in [0.29, 0.717) is 30.0 Å². The summed E-state index contributed by atoms with van der Waals surface area (Å²) in [5.41, 5.74) is 1.38. The number of pyridine rings is 1. The van der Waals surface area contributed by atoms with E-state index in [1.165, 1.54) is 16.7 Å². The zero-order chi connectivity index (χ0) is 22.0. The fourth-order valence-electron chi connectivity index (χ4n) is 3.76. The number of hydrogen-bond acceptors (Lipinski definition) is 7. The summed E-state index contributed by atoms with van der Waals surface area (Å²) >= 11 is 0. The largest absolute Gasteiger partial charge is 0.477 e. The summed E-state index contributed by atoms with van der Waals surface area (Å²) < 4.78 is 21.5. The maximum atomic E-state index is 14.3. The van der Waals surface area contributed by atoms with Crippen LogP contribution in [0.3, 0.4) is 0 Å². The molecular weight excluding hydrogens is 401 g/mol. The van der Waals surface area contributed by atoms with Gasteiger partial charge in [-0.05, 0) is 26.8 Å². The molecule has 0 radical (unpaired) electrons. The van der Waals surface area contributed by atoms with E-state index in [9.17, 15) is 9.18 Å². The highest BCUT2D eigenvalue weighted by molar-refractivity contribution is 6.05. The Morgan fingerprint density at radius 2 is 2.16 bits per heavy atom. The lowest BCUT2D eigenvalue weighted by Gasteiger charge is -2.18. The number of imidazole rings is 1. The zero-order valence-corrected chi connectivity index (χ0v) is 17.9. The van der Waals surface area contributed by atoms with Gasteiger partial charge in [0.1, 0.15) is 5.56 Å². The molecule has 0 saturated carbocycles. The highest BCUT2D eigenvalue weighted by atomic mass is 19.1. The van der Waals surface area contributed by atoms with E-state index in [0.717, 1.165) is 26.1 Å². The lowest BCUT2D eigenvalue weighted by Crippen LogP contribution is -2.32. The summed E-state index contributed by atoms with van der Waals surface area (Å²) in [5.74, 6) is -0.261. The van der Waals surface area contributed by atoms with E-state index in [1.807, 2.05) is 6.92 Å². The number of fused-ring (bicyclic) bond motifs is 1. The first-order valence-corrected chi connectivity index (χ1v) is 10.4. The zero-order valence-electron chi connectivity index (χ0n) is 17.9. The predicted octanol–water partition coefficient (Wildman–Crippen LogP) is 2.41. The van der Waals surface area contributed by atoms with Crippen molar-refractivity contribution in [2.45, 2.75) is 33.2 Å². The molecule has 4 heterocycles. The van der Waals surface area contributed by atoms with Crippen LogP contribution in [0.4, 0.5) is 16.0 Å². The molecule has 164 valence electrons. The van der Waals surface area contributed by atoms with Crippen LogP contribution in [0.25, 0.3) is 5.65 Å². The van der Waals surface area contributed by atoms with Gasteiger partial charge in [-0.3, -0.25) is 4.79 Å². The SMILES string of the molecule is CCNC1CCN(c2ncc(C(=O)Nc3cc(F)c4nc(C)cn4c3)c(OCC)n2)C1. The molecule has 1 saturated heterocycles. The van der Waals surface area contributed by atoms with Crippen LogP contribution in [0.1, 0.15) is 36.3 Å². The Balaban J connectivity index is 1.56. The van der Waals surface area contributed by atoms with Gasteiger partial charge in [-0.2, -0.15) is 4.98 Å². The first-order valence-electron chi connectivity index (χ1n) is 10.4. The van der Waals surface area contributed by atoms with E-state index in [1.54, 1.807) is 19.3 Å². The number of aryl methyl sites for hydroxylation is 1. The lowest BCUT2D eigenvalue weighted by molar-refractivity contribution is 0.102. The van der Waals surface area contributed by atoms with Gasteiger partial charge >= 0.3 is 0 Å². The molecule has 1 amide bonds. The first-order chi connectivity index (χ1) is 15.0. The van der Waals surface area contributed by atoms with Crippen molar-refractivity contribution in [3.8, 4) is 5.88 Å². The van der Waals surface area contributed by atoms with Crippen molar-refractivity contribution in [2.24, 2.45) is 0 Å². The van der Waals surface area contributed by atoms with Crippen LogP contribution in [-0.2, 0) is 0 Å². The van der Waals surface area contributed by atoms with E-state index in [2.05, 4.69) is 37.4 Å². The Hall–Kier alpha value is -3.27. The molecule has 31 heavy (non-hydrogen) atoms. The Morgan fingerprint density at radius 1 is 1.32 bits per heavy atom. The van der Waals surface area contributed by atoms with Crippen molar-refractivity contribution in [1.29, 1.82) is 0 Å². The van der Waals surface area contributed by atoms with E-state index < -0.39 is 11.7 Å². The molecule has 1 atom stereocenters. The normalized spacial score (nSPS) is 16.1. The molecule has 3 aromatic heterocycles. The third-order valence-corrected chi connectivity index (χ3v) is 5.12. The molecule has 0 aromatic carbocycles. The number of nitrogens with one attached hydrogen (secondary N) is 2. The Labute approximate surface area is 179 Å². The Kier molecular flexibility index (Phi) is 5.99. The minimum absolute atomic E-state index is 0.190. The molecule has 10 heteroatoms. The van der Waals surface area contributed by atoms with Crippen molar-refractivity contribution in [3.05, 3.63) is 41.7 Å². The van der Waals surface area contributed by atoms with Crippen molar-refractivity contribution >= 4 is 23.2 Å². The van der Waals surface area contributed by atoms with Gasteiger partial charge in [0.05, 0.1) is 18.0 Å². The van der Waals surface area contributed by atoms with Crippen molar-refractivity contribution in [2.75, 3.05) is 36.5 Å². The highest BCUT2D eigenvalue weighted by Crippen LogP contribution is 2.24. The van der Waals surface area contributed by atoms with Gasteiger partial charge in [0.2, 0.25) is 11.8 Å². The number of halogens is 1. The van der Waals surface area contributed by atoms with Gasteiger partial charge in [0, 0.05) is 43.8 Å². The molecule has 1 unspecified atom stereocenters. The van der Waals surface area contributed by atoms with E-state index in [-0.39, 0.29) is 17.1 Å². The number of carbonyl (C=O) groups excluding carboxylic acids is 1. The molecule has 0 spiro atoms. The standard InChI is InChI=1S/C21H26FN7O2/c1-4-23-14-6-7-28(11-14)21-24-9-16(20(27-21)31-5-2)19(30)26-15-8-17(22)18-25-13(3)10-29(18)12-15/h8-10,12,14,23H,4-7,11H2,1-3H3,(H,26,30). The van der Waals surface area contributed by atoms with Crippen LogP contribution < -0.4 is 20.3 Å². The number of ether oxygens (including phenoxy) is 1. The third-order valence-electron chi connectivity index (χ3n) is 5.12. The van der Waals surface area contributed by atoms with Crippen LogP contribution in [0.15, 0.2) is 24.7 Å². The number of rotatable bonds is 7. The predicted molar refractivity (Wildman–Crippen MR) is 115 cm³/mol. The number of likely N-dealkylation sites (N-methyl/N-ethyl adjacent to an activating group) is 1. The number of hydrogen-bond donors (Lipinski definition) is 2. The molecule has 1 aliphatic rings. The fraction of sp³-hybridized carbons (Fsp3) is 0.429. The average Bonchev–Trinajstić information content (AvgIpc) is 3.35. The van der Waals surface area contributed by atoms with Gasteiger partial charge in [-0.1, -0.05) is 6.92 Å². The molecule has 4 rings (SSSR count). The quantitative estimate of drug-likeness (QED) is 0.598. The molecule has 2 N–H and O–H groups in total. The van der Waals surface area contributed by atoms with Gasteiger partial charge in [-0.25, -0.2) is 14.4 Å². The third kappa shape index (κ3) is 4.43. The van der Waals surface area contributed by atoms with Crippen molar-refractivity contribution in [1.82, 2.24) is 24.7 Å². The van der Waals surface area contributed by atoms with E-state index >= 15 is 0 Å². The second kappa shape index (κ2) is 8.84. The summed E-state index contributed by atoms with van der Waals surface area (Å²) in [7, 11) is 0. The highest BCUT2D eigenvalue weighted by Gasteiger charge is 2.25. The van der Waals surface area contributed by atoms with Crippen molar-refractivity contribution < 1.29 is 13.9 Å². The van der Waals surface area contributed by atoms with Crippen LogP contribution in [0.2, 0.25) is 0 Å². The van der Waals surface area contributed by atoms with Crippen molar-refractivity contribution in [3.63, 3.8) is 0 Å². The fourth-order valence-corrected chi connectivity index (χ4v) is 3.76.